The summed E-state index contributed by atoms with van der Waals surface area (Å²) in [5, 5.41) is 0. The van der Waals surface area contributed by atoms with Crippen LogP contribution in [0.2, 0.25) is 0 Å². The molecule has 1 heterocycles. The van der Waals surface area contributed by atoms with Gasteiger partial charge >= 0.3 is 0 Å². The molecule has 0 unspecified atom stereocenters. The average Bonchev–Trinajstić information content (AvgIpc) is 2.70. The van der Waals surface area contributed by atoms with Crippen molar-refractivity contribution in [3.8, 4) is 0 Å². The van der Waals surface area contributed by atoms with E-state index in [9.17, 15) is 0 Å². The summed E-state index contributed by atoms with van der Waals surface area (Å²) in [5.41, 5.74) is 9.28. The Kier molecular flexibility index (Phi) is 2.91. The SMILES string of the molecule is Cc1cccc(C(N)=S)c1N1CCCC1. The highest BCUT2D eigenvalue weighted by Crippen LogP contribution is 2.28. The molecule has 0 aromatic heterocycles. The number of rotatable bonds is 2. The van der Waals surface area contributed by atoms with Gasteiger partial charge in [0, 0.05) is 24.3 Å². The van der Waals surface area contributed by atoms with E-state index in [4.69, 9.17) is 18.0 Å². The third kappa shape index (κ3) is 1.97. The van der Waals surface area contributed by atoms with Gasteiger partial charge in [-0.15, -0.1) is 0 Å². The standard InChI is InChI=1S/C12H16N2S/c1-9-5-4-6-10(12(13)15)11(9)14-7-2-3-8-14/h4-6H,2-3,7-8H2,1H3,(H2,13,15). The summed E-state index contributed by atoms with van der Waals surface area (Å²) in [7, 11) is 0. The number of thiocarbonyl (C=S) groups is 1. The second kappa shape index (κ2) is 4.19. The Bertz CT molecular complexity index is 381. The smallest absolute Gasteiger partial charge is 0.106 e. The van der Waals surface area contributed by atoms with Crippen molar-refractivity contribution in [2.75, 3.05) is 18.0 Å². The van der Waals surface area contributed by atoms with E-state index in [0.717, 1.165) is 18.7 Å². The minimum absolute atomic E-state index is 0.501. The Balaban J connectivity index is 2.46. The second-order valence-electron chi connectivity index (χ2n) is 4.03. The molecule has 0 saturated carbocycles. The van der Waals surface area contributed by atoms with Gasteiger partial charge in [0.25, 0.3) is 0 Å². The predicted molar refractivity (Wildman–Crippen MR) is 68.5 cm³/mol. The van der Waals surface area contributed by atoms with Crippen LogP contribution in [0.4, 0.5) is 5.69 Å². The first-order valence-electron chi connectivity index (χ1n) is 5.34. The van der Waals surface area contributed by atoms with Crippen LogP contribution in [0.1, 0.15) is 24.0 Å². The van der Waals surface area contributed by atoms with Gasteiger partial charge in [0.05, 0.1) is 0 Å². The molecule has 2 rings (SSSR count). The molecule has 0 bridgehead atoms. The molecule has 1 aromatic carbocycles. The summed E-state index contributed by atoms with van der Waals surface area (Å²) < 4.78 is 0. The van der Waals surface area contributed by atoms with Crippen molar-refractivity contribution in [1.29, 1.82) is 0 Å². The minimum atomic E-state index is 0.501. The number of para-hydroxylation sites is 1. The van der Waals surface area contributed by atoms with Crippen LogP contribution in [0, 0.1) is 6.92 Å². The molecule has 0 amide bonds. The lowest BCUT2D eigenvalue weighted by atomic mass is 10.1. The number of nitrogens with two attached hydrogens (primary N) is 1. The Morgan fingerprint density at radius 3 is 2.60 bits per heavy atom. The lowest BCUT2D eigenvalue weighted by Gasteiger charge is -2.23. The zero-order valence-corrected chi connectivity index (χ0v) is 9.81. The molecule has 0 atom stereocenters. The number of benzene rings is 1. The van der Waals surface area contributed by atoms with Crippen LogP contribution >= 0.6 is 12.2 Å². The van der Waals surface area contributed by atoms with Crippen LogP contribution in [0.25, 0.3) is 0 Å². The predicted octanol–water partition coefficient (Wildman–Crippen LogP) is 2.23. The number of hydrogen-bond acceptors (Lipinski definition) is 2. The van der Waals surface area contributed by atoms with Crippen LogP contribution in [0.3, 0.4) is 0 Å². The molecular weight excluding hydrogens is 204 g/mol. The molecule has 1 aromatic rings. The van der Waals surface area contributed by atoms with Crippen molar-refractivity contribution in [1.82, 2.24) is 0 Å². The summed E-state index contributed by atoms with van der Waals surface area (Å²) in [4.78, 5) is 2.89. The van der Waals surface area contributed by atoms with E-state index < -0.39 is 0 Å². The van der Waals surface area contributed by atoms with Crippen molar-refractivity contribution in [2.45, 2.75) is 19.8 Å². The van der Waals surface area contributed by atoms with Gasteiger partial charge in [-0.05, 0) is 31.4 Å². The van der Waals surface area contributed by atoms with E-state index in [2.05, 4.69) is 17.9 Å². The highest BCUT2D eigenvalue weighted by molar-refractivity contribution is 7.80. The molecule has 0 aliphatic carbocycles. The number of aryl methyl sites for hydroxylation is 1. The van der Waals surface area contributed by atoms with Gasteiger partial charge in [-0.25, -0.2) is 0 Å². The molecule has 0 radical (unpaired) electrons. The van der Waals surface area contributed by atoms with Gasteiger partial charge in [0.2, 0.25) is 0 Å². The van der Waals surface area contributed by atoms with Crippen LogP contribution in [0.5, 0.6) is 0 Å². The molecule has 2 nitrogen and oxygen atoms in total. The van der Waals surface area contributed by atoms with Crippen molar-refractivity contribution in [3.63, 3.8) is 0 Å². The highest BCUT2D eigenvalue weighted by Gasteiger charge is 2.18. The van der Waals surface area contributed by atoms with Crippen molar-refractivity contribution in [3.05, 3.63) is 29.3 Å². The van der Waals surface area contributed by atoms with Gasteiger partial charge in [0.15, 0.2) is 0 Å². The van der Waals surface area contributed by atoms with E-state index in [0.29, 0.717) is 4.99 Å². The van der Waals surface area contributed by atoms with Gasteiger partial charge in [-0.2, -0.15) is 0 Å². The lowest BCUT2D eigenvalue weighted by molar-refractivity contribution is 0.949. The van der Waals surface area contributed by atoms with E-state index in [1.54, 1.807) is 0 Å². The lowest BCUT2D eigenvalue weighted by Crippen LogP contribution is -2.23. The summed E-state index contributed by atoms with van der Waals surface area (Å²) in [6.07, 6.45) is 2.54. The van der Waals surface area contributed by atoms with Crippen molar-refractivity contribution in [2.24, 2.45) is 5.73 Å². The summed E-state index contributed by atoms with van der Waals surface area (Å²) in [6.45, 7) is 4.37. The van der Waals surface area contributed by atoms with Crippen molar-refractivity contribution < 1.29 is 0 Å². The number of hydrogen-bond donors (Lipinski definition) is 1. The molecule has 3 heteroatoms. The first kappa shape index (κ1) is 10.4. The normalized spacial score (nSPS) is 15.7. The first-order chi connectivity index (χ1) is 7.20. The van der Waals surface area contributed by atoms with E-state index >= 15 is 0 Å². The zero-order chi connectivity index (χ0) is 10.8. The zero-order valence-electron chi connectivity index (χ0n) is 8.99. The minimum Gasteiger partial charge on any atom is -0.389 e. The van der Waals surface area contributed by atoms with Gasteiger partial charge in [0.1, 0.15) is 4.99 Å². The van der Waals surface area contributed by atoms with Gasteiger partial charge < -0.3 is 10.6 Å². The second-order valence-corrected chi connectivity index (χ2v) is 4.47. The van der Waals surface area contributed by atoms with Crippen LogP contribution in [-0.2, 0) is 0 Å². The Morgan fingerprint density at radius 2 is 2.00 bits per heavy atom. The fourth-order valence-electron chi connectivity index (χ4n) is 2.22. The van der Waals surface area contributed by atoms with E-state index in [1.165, 1.54) is 24.1 Å². The average molecular weight is 220 g/mol. The van der Waals surface area contributed by atoms with Crippen LogP contribution in [-0.4, -0.2) is 18.1 Å². The summed E-state index contributed by atoms with van der Waals surface area (Å²) in [6, 6.07) is 6.15. The van der Waals surface area contributed by atoms with Crippen LogP contribution < -0.4 is 10.6 Å². The largest absolute Gasteiger partial charge is 0.389 e. The van der Waals surface area contributed by atoms with Crippen molar-refractivity contribution >= 4 is 22.9 Å². The third-order valence-electron chi connectivity index (χ3n) is 2.93. The highest BCUT2D eigenvalue weighted by atomic mass is 32.1. The third-order valence-corrected chi connectivity index (χ3v) is 3.15. The fraction of sp³-hybridized carbons (Fsp3) is 0.417. The monoisotopic (exact) mass is 220 g/mol. The van der Waals surface area contributed by atoms with E-state index in [-0.39, 0.29) is 0 Å². The maximum Gasteiger partial charge on any atom is 0.106 e. The van der Waals surface area contributed by atoms with Crippen LogP contribution in [0.15, 0.2) is 18.2 Å². The fourth-order valence-corrected chi connectivity index (χ4v) is 2.38. The number of anilines is 1. The van der Waals surface area contributed by atoms with Gasteiger partial charge in [-0.3, -0.25) is 0 Å². The Morgan fingerprint density at radius 1 is 1.33 bits per heavy atom. The molecular formula is C12H16N2S. The van der Waals surface area contributed by atoms with Gasteiger partial charge in [-0.1, -0.05) is 24.4 Å². The molecule has 1 saturated heterocycles. The molecule has 2 N–H and O–H groups in total. The Labute approximate surface area is 96.1 Å². The molecule has 0 spiro atoms. The maximum atomic E-state index is 5.76. The summed E-state index contributed by atoms with van der Waals surface area (Å²) >= 11 is 5.10. The molecule has 80 valence electrons. The maximum absolute atomic E-state index is 5.76. The quantitative estimate of drug-likeness (QED) is 0.775. The first-order valence-corrected chi connectivity index (χ1v) is 5.75. The summed E-state index contributed by atoms with van der Waals surface area (Å²) in [5.74, 6) is 0. The Hall–Kier alpha value is -1.09. The molecule has 1 aliphatic rings. The molecule has 1 fully saturated rings. The van der Waals surface area contributed by atoms with E-state index in [1.807, 2.05) is 12.1 Å². The number of nitrogens with zero attached hydrogens (tertiary/aromatic N) is 1. The molecule has 15 heavy (non-hydrogen) atoms. The molecule has 1 aliphatic heterocycles. The topological polar surface area (TPSA) is 29.3 Å².